The molecule has 0 saturated carbocycles. The van der Waals surface area contributed by atoms with Gasteiger partial charge in [-0.3, -0.25) is 0 Å². The predicted molar refractivity (Wildman–Crippen MR) is 52.9 cm³/mol. The Morgan fingerprint density at radius 3 is 3.07 bits per heavy atom. The Labute approximate surface area is 87.1 Å². The fourth-order valence-electron chi connectivity index (χ4n) is 1.00. The van der Waals surface area contributed by atoms with Gasteiger partial charge in [0.15, 0.2) is 0 Å². The van der Waals surface area contributed by atoms with Crippen LogP contribution in [-0.4, -0.2) is 15.7 Å². The van der Waals surface area contributed by atoms with Crippen molar-refractivity contribution < 1.29 is 9.63 Å². The summed E-state index contributed by atoms with van der Waals surface area (Å²) in [5, 5.41) is 0. The summed E-state index contributed by atoms with van der Waals surface area (Å²) in [6.07, 6.45) is 3.80. The summed E-state index contributed by atoms with van der Waals surface area (Å²) < 4.78 is 1.32. The second kappa shape index (κ2) is 4.81. The van der Waals surface area contributed by atoms with Crippen molar-refractivity contribution in [3.63, 3.8) is 0 Å². The fourth-order valence-corrected chi connectivity index (χ4v) is 1.13. The molecule has 0 amide bonds. The van der Waals surface area contributed by atoms with Gasteiger partial charge in [-0.25, -0.2) is 9.78 Å². The first-order chi connectivity index (χ1) is 6.67. The second-order valence-corrected chi connectivity index (χ2v) is 2.95. The summed E-state index contributed by atoms with van der Waals surface area (Å²) in [7, 11) is 0. The van der Waals surface area contributed by atoms with Crippen LogP contribution in [0.5, 0.6) is 0 Å². The van der Waals surface area contributed by atoms with E-state index in [0.29, 0.717) is 23.8 Å². The van der Waals surface area contributed by atoms with Gasteiger partial charge in [-0.2, -0.15) is 4.73 Å². The normalized spacial score (nSPS) is 9.86. The highest BCUT2D eigenvalue weighted by Crippen LogP contribution is 2.05. The molecular formula is C9H11ClN2O2. The van der Waals surface area contributed by atoms with Crippen molar-refractivity contribution in [2.45, 2.75) is 19.2 Å². The smallest absolute Gasteiger partial charge is 0.329 e. The average Bonchev–Trinajstić information content (AvgIpc) is 2.48. The van der Waals surface area contributed by atoms with Crippen LogP contribution in [0, 0.1) is 0 Å². The van der Waals surface area contributed by atoms with Gasteiger partial charge >= 0.3 is 5.97 Å². The molecule has 4 nitrogen and oxygen atoms in total. The molecule has 1 heterocycles. The van der Waals surface area contributed by atoms with Crippen LogP contribution < -0.4 is 4.84 Å². The van der Waals surface area contributed by atoms with Crippen molar-refractivity contribution >= 4 is 17.6 Å². The molecule has 0 N–H and O–H groups in total. The van der Waals surface area contributed by atoms with Crippen molar-refractivity contribution in [2.24, 2.45) is 0 Å². The maximum atomic E-state index is 10.7. The average molecular weight is 215 g/mol. The van der Waals surface area contributed by atoms with E-state index in [-0.39, 0.29) is 0 Å². The van der Waals surface area contributed by atoms with E-state index < -0.39 is 5.97 Å². The minimum Gasteiger partial charge on any atom is -0.336 e. The number of imidazole rings is 1. The fraction of sp³-hybridized carbons (Fsp3) is 0.333. The molecule has 14 heavy (non-hydrogen) atoms. The number of hydrogen-bond donors (Lipinski definition) is 0. The molecule has 0 saturated heterocycles. The number of nitrogens with zero attached hydrogens (tertiary/aromatic N) is 2. The molecule has 0 fully saturated rings. The summed E-state index contributed by atoms with van der Waals surface area (Å²) >= 11 is 5.61. The zero-order valence-electron chi connectivity index (χ0n) is 7.86. The number of aromatic nitrogens is 2. The Kier molecular flexibility index (Phi) is 3.71. The predicted octanol–water partition coefficient (Wildman–Crippen LogP) is 1.33. The Morgan fingerprint density at radius 2 is 2.57 bits per heavy atom. The largest absolute Gasteiger partial charge is 0.336 e. The third-order valence-corrected chi connectivity index (χ3v) is 1.76. The summed E-state index contributed by atoms with van der Waals surface area (Å²) in [6, 6.07) is 0. The zero-order valence-corrected chi connectivity index (χ0v) is 8.62. The molecule has 0 aliphatic rings. The van der Waals surface area contributed by atoms with Crippen LogP contribution in [0.4, 0.5) is 0 Å². The molecule has 0 radical (unpaired) electrons. The number of halogens is 1. The van der Waals surface area contributed by atoms with Gasteiger partial charge in [0.25, 0.3) is 0 Å². The topological polar surface area (TPSA) is 44.1 Å². The van der Waals surface area contributed by atoms with Gasteiger partial charge < -0.3 is 4.84 Å². The third kappa shape index (κ3) is 2.60. The van der Waals surface area contributed by atoms with Crippen molar-refractivity contribution in [3.8, 4) is 0 Å². The van der Waals surface area contributed by atoms with Gasteiger partial charge in [-0.05, 0) is 0 Å². The summed E-state index contributed by atoms with van der Waals surface area (Å²) in [6.45, 7) is 4.92. The van der Waals surface area contributed by atoms with Crippen LogP contribution in [0.25, 0.3) is 0 Å². The van der Waals surface area contributed by atoms with E-state index in [0.717, 1.165) is 0 Å². The molecule has 0 aromatic carbocycles. The first-order valence-electron chi connectivity index (χ1n) is 4.10. The highest BCUT2D eigenvalue weighted by atomic mass is 35.5. The van der Waals surface area contributed by atoms with E-state index in [9.17, 15) is 4.79 Å². The summed E-state index contributed by atoms with van der Waals surface area (Å²) in [5.41, 5.74) is 0.671. The van der Waals surface area contributed by atoms with Crippen LogP contribution in [0.2, 0.25) is 0 Å². The van der Waals surface area contributed by atoms with Crippen LogP contribution in [0.3, 0.4) is 0 Å². The zero-order chi connectivity index (χ0) is 10.6. The lowest BCUT2D eigenvalue weighted by atomic mass is 10.4. The Morgan fingerprint density at radius 1 is 1.86 bits per heavy atom. The molecule has 1 aromatic heterocycles. The van der Waals surface area contributed by atoms with E-state index in [1.165, 1.54) is 11.7 Å². The molecule has 0 atom stereocenters. The Balaban J connectivity index is 2.92. The highest BCUT2D eigenvalue weighted by molar-refractivity contribution is 6.16. The number of allylic oxidation sites excluding steroid dienone is 1. The standard InChI is InChI=1S/C9H11ClN2O2/c1-3-4-9-11-8(5-10)6-12(9)14-7(2)13/h3,6H,1,4-5H2,2H3. The minimum absolute atomic E-state index is 0.290. The maximum absolute atomic E-state index is 10.7. The number of carbonyl (C=O) groups is 1. The van der Waals surface area contributed by atoms with Crippen LogP contribution in [0.15, 0.2) is 18.9 Å². The first kappa shape index (κ1) is 10.8. The molecular weight excluding hydrogens is 204 g/mol. The van der Waals surface area contributed by atoms with Gasteiger partial charge in [0.1, 0.15) is 5.82 Å². The van der Waals surface area contributed by atoms with Crippen LogP contribution >= 0.6 is 11.6 Å². The number of alkyl halides is 1. The summed E-state index contributed by atoms with van der Waals surface area (Å²) in [4.78, 5) is 19.8. The second-order valence-electron chi connectivity index (χ2n) is 2.68. The highest BCUT2D eigenvalue weighted by Gasteiger charge is 2.08. The van der Waals surface area contributed by atoms with Crippen LogP contribution in [-0.2, 0) is 17.1 Å². The molecule has 1 rings (SSSR count). The van der Waals surface area contributed by atoms with Gasteiger partial charge in [-0.15, -0.1) is 18.2 Å². The SMILES string of the molecule is C=CCc1nc(CCl)cn1OC(C)=O. The number of hydrogen-bond acceptors (Lipinski definition) is 3. The molecule has 5 heteroatoms. The first-order valence-corrected chi connectivity index (χ1v) is 4.63. The lowest BCUT2D eigenvalue weighted by Gasteiger charge is -2.02. The van der Waals surface area contributed by atoms with E-state index >= 15 is 0 Å². The number of rotatable bonds is 4. The van der Waals surface area contributed by atoms with Crippen molar-refractivity contribution in [2.75, 3.05) is 0 Å². The van der Waals surface area contributed by atoms with E-state index in [2.05, 4.69) is 11.6 Å². The van der Waals surface area contributed by atoms with E-state index in [4.69, 9.17) is 16.4 Å². The van der Waals surface area contributed by atoms with Crippen molar-refractivity contribution in [3.05, 3.63) is 30.4 Å². The Hall–Kier alpha value is -1.29. The minimum atomic E-state index is -0.395. The monoisotopic (exact) mass is 214 g/mol. The third-order valence-electron chi connectivity index (χ3n) is 1.48. The van der Waals surface area contributed by atoms with Gasteiger partial charge in [-0.1, -0.05) is 6.08 Å². The molecule has 0 aliphatic carbocycles. The molecule has 0 aliphatic heterocycles. The van der Waals surface area contributed by atoms with E-state index in [1.807, 2.05) is 0 Å². The van der Waals surface area contributed by atoms with Gasteiger partial charge in [0.05, 0.1) is 17.8 Å². The Bertz CT molecular complexity index is 347. The summed E-state index contributed by atoms with van der Waals surface area (Å²) in [5.74, 6) is 0.512. The lowest BCUT2D eigenvalue weighted by Crippen LogP contribution is -2.18. The van der Waals surface area contributed by atoms with Crippen molar-refractivity contribution in [1.82, 2.24) is 9.71 Å². The van der Waals surface area contributed by atoms with E-state index in [1.54, 1.807) is 12.3 Å². The quantitative estimate of drug-likeness (QED) is 0.561. The molecule has 76 valence electrons. The molecule has 0 spiro atoms. The van der Waals surface area contributed by atoms with Gasteiger partial charge in [0.2, 0.25) is 0 Å². The molecule has 0 unspecified atom stereocenters. The van der Waals surface area contributed by atoms with Gasteiger partial charge in [0, 0.05) is 13.3 Å². The molecule has 0 bridgehead atoms. The number of carbonyl (C=O) groups excluding carboxylic acids is 1. The van der Waals surface area contributed by atoms with Crippen molar-refractivity contribution in [1.29, 1.82) is 0 Å². The molecule has 1 aromatic rings. The maximum Gasteiger partial charge on any atom is 0.329 e. The van der Waals surface area contributed by atoms with Crippen LogP contribution in [0.1, 0.15) is 18.4 Å². The lowest BCUT2D eigenvalue weighted by molar-refractivity contribution is -0.141.